The molecule has 142 valence electrons. The molecule has 0 radical (unpaired) electrons. The summed E-state index contributed by atoms with van der Waals surface area (Å²) in [5.74, 6) is -0.418. The van der Waals surface area contributed by atoms with Gasteiger partial charge in [0.2, 0.25) is 5.91 Å². The van der Waals surface area contributed by atoms with Gasteiger partial charge in [0, 0.05) is 30.9 Å². The summed E-state index contributed by atoms with van der Waals surface area (Å²) < 4.78 is 40.8. The van der Waals surface area contributed by atoms with E-state index in [0.717, 1.165) is 0 Å². The summed E-state index contributed by atoms with van der Waals surface area (Å²) in [5.41, 5.74) is 6.44. The number of hydrogen-bond donors (Lipinski definition) is 2. The number of carbonyl (C=O) groups excluding carboxylic acids is 1. The number of amides is 1. The average Bonchev–Trinajstić information content (AvgIpc) is 2.93. The van der Waals surface area contributed by atoms with Gasteiger partial charge in [-0.05, 0) is 24.5 Å². The molecule has 1 fully saturated rings. The van der Waals surface area contributed by atoms with Crippen LogP contribution < -0.4 is 20.7 Å². The predicted molar refractivity (Wildman–Crippen MR) is 91.9 cm³/mol. The molecule has 1 unspecified atom stereocenters. The summed E-state index contributed by atoms with van der Waals surface area (Å²) in [6.45, 7) is 4.90. The van der Waals surface area contributed by atoms with Gasteiger partial charge in [0.25, 0.3) is 0 Å². The molecule has 5 nitrogen and oxygen atoms in total. The van der Waals surface area contributed by atoms with Gasteiger partial charge in [0.05, 0.1) is 6.04 Å². The minimum atomic E-state index is -4.72. The van der Waals surface area contributed by atoms with E-state index >= 15 is 0 Å². The molecular weight excluding hydrogens is 359 g/mol. The van der Waals surface area contributed by atoms with Crippen LogP contribution in [0.25, 0.3) is 0 Å². The number of hydrogen-bond acceptors (Lipinski definition) is 4. The Balaban J connectivity index is 0.00000312. The molecule has 1 aliphatic rings. The Kier molecular flexibility index (Phi) is 7.37. The second-order valence-electron chi connectivity index (χ2n) is 6.26. The van der Waals surface area contributed by atoms with Gasteiger partial charge >= 0.3 is 6.36 Å². The topological polar surface area (TPSA) is 67.6 Å². The van der Waals surface area contributed by atoms with E-state index in [4.69, 9.17) is 5.73 Å². The largest absolute Gasteiger partial charge is 0.573 e. The second-order valence-corrected chi connectivity index (χ2v) is 6.26. The molecule has 0 saturated carbocycles. The summed E-state index contributed by atoms with van der Waals surface area (Å²) in [6.07, 6.45) is -4.01. The van der Waals surface area contributed by atoms with Crippen molar-refractivity contribution in [2.45, 2.75) is 38.7 Å². The van der Waals surface area contributed by atoms with Crippen LogP contribution in [0.4, 0.5) is 18.9 Å². The van der Waals surface area contributed by atoms with Crippen molar-refractivity contribution < 1.29 is 22.7 Å². The molecule has 1 aliphatic heterocycles. The number of nitrogens with one attached hydrogen (secondary N) is 1. The molecule has 3 N–H and O–H groups in total. The van der Waals surface area contributed by atoms with Crippen molar-refractivity contribution in [2.75, 3.05) is 18.0 Å². The smallest absolute Gasteiger partial charge is 0.406 e. The molecule has 25 heavy (non-hydrogen) atoms. The highest BCUT2D eigenvalue weighted by Gasteiger charge is 2.32. The van der Waals surface area contributed by atoms with E-state index in [2.05, 4.69) is 10.1 Å². The molecule has 0 aromatic heterocycles. The van der Waals surface area contributed by atoms with Crippen LogP contribution in [0.15, 0.2) is 24.3 Å². The second kappa shape index (κ2) is 8.62. The van der Waals surface area contributed by atoms with Crippen LogP contribution >= 0.6 is 12.4 Å². The van der Waals surface area contributed by atoms with Crippen LogP contribution in [-0.4, -0.2) is 37.4 Å². The number of alkyl halides is 3. The summed E-state index contributed by atoms with van der Waals surface area (Å²) in [5, 5.41) is 2.90. The van der Waals surface area contributed by atoms with Gasteiger partial charge in [0.15, 0.2) is 0 Å². The Morgan fingerprint density at radius 3 is 2.68 bits per heavy atom. The summed E-state index contributed by atoms with van der Waals surface area (Å²) in [6, 6.07) is 5.19. The van der Waals surface area contributed by atoms with Crippen LogP contribution in [0.3, 0.4) is 0 Å². The average molecular weight is 382 g/mol. The molecule has 9 heteroatoms. The first-order valence-electron chi connectivity index (χ1n) is 7.82. The Labute approximate surface area is 151 Å². The van der Waals surface area contributed by atoms with Crippen molar-refractivity contribution in [2.24, 2.45) is 11.7 Å². The van der Waals surface area contributed by atoms with Gasteiger partial charge in [-0.3, -0.25) is 4.79 Å². The van der Waals surface area contributed by atoms with E-state index in [1.165, 1.54) is 18.2 Å². The number of nitrogens with zero attached hydrogens (tertiary/aromatic N) is 1. The predicted octanol–water partition coefficient (Wildman–Crippen LogP) is 2.69. The van der Waals surface area contributed by atoms with Crippen molar-refractivity contribution in [3.8, 4) is 5.75 Å². The van der Waals surface area contributed by atoms with Crippen LogP contribution in [0.2, 0.25) is 0 Å². The highest BCUT2D eigenvalue weighted by molar-refractivity contribution is 5.85. The van der Waals surface area contributed by atoms with E-state index in [-0.39, 0.29) is 36.0 Å². The SMILES string of the molecule is CC(C)[C@H](N)C(=O)NC1CCN(c2cccc(OC(F)(F)F)c2)C1.Cl. The first-order chi connectivity index (χ1) is 11.2. The number of ether oxygens (including phenoxy) is 1. The minimum absolute atomic E-state index is 0. The number of halogens is 4. The number of rotatable bonds is 5. The van der Waals surface area contributed by atoms with E-state index in [1.807, 2.05) is 18.7 Å². The molecule has 2 atom stereocenters. The van der Waals surface area contributed by atoms with Crippen LogP contribution in [0, 0.1) is 5.92 Å². The third-order valence-electron chi connectivity index (χ3n) is 3.97. The van der Waals surface area contributed by atoms with E-state index in [9.17, 15) is 18.0 Å². The molecule has 0 spiro atoms. The van der Waals surface area contributed by atoms with Crippen LogP contribution in [0.1, 0.15) is 20.3 Å². The lowest BCUT2D eigenvalue weighted by atomic mass is 10.0. The first-order valence-corrected chi connectivity index (χ1v) is 7.82. The Bertz CT molecular complexity index is 584. The lowest BCUT2D eigenvalue weighted by Gasteiger charge is -2.21. The number of nitrogens with two attached hydrogens (primary N) is 1. The maximum absolute atomic E-state index is 12.3. The van der Waals surface area contributed by atoms with Gasteiger partial charge in [0.1, 0.15) is 5.75 Å². The quantitative estimate of drug-likeness (QED) is 0.823. The zero-order chi connectivity index (χ0) is 17.9. The Morgan fingerprint density at radius 2 is 2.08 bits per heavy atom. The fourth-order valence-electron chi connectivity index (χ4n) is 2.59. The minimum Gasteiger partial charge on any atom is -0.406 e. The number of anilines is 1. The summed E-state index contributed by atoms with van der Waals surface area (Å²) >= 11 is 0. The van der Waals surface area contributed by atoms with Crippen molar-refractivity contribution in [1.29, 1.82) is 0 Å². The summed E-state index contributed by atoms with van der Waals surface area (Å²) in [4.78, 5) is 13.9. The van der Waals surface area contributed by atoms with Crippen LogP contribution in [0.5, 0.6) is 5.75 Å². The van der Waals surface area contributed by atoms with Crippen molar-refractivity contribution in [3.63, 3.8) is 0 Å². The maximum atomic E-state index is 12.3. The lowest BCUT2D eigenvalue weighted by molar-refractivity contribution is -0.274. The maximum Gasteiger partial charge on any atom is 0.573 e. The van der Waals surface area contributed by atoms with Gasteiger partial charge in [-0.15, -0.1) is 25.6 Å². The van der Waals surface area contributed by atoms with Gasteiger partial charge in [-0.1, -0.05) is 19.9 Å². The molecule has 1 aromatic carbocycles. The highest BCUT2D eigenvalue weighted by Crippen LogP contribution is 2.28. The standard InChI is InChI=1S/C16H22F3N3O2.ClH/c1-10(2)14(20)15(23)21-11-6-7-22(9-11)12-4-3-5-13(8-12)24-16(17,18)19;/h3-5,8,10-11,14H,6-7,9,20H2,1-2H3,(H,21,23);1H/t11?,14-;/m0./s1. The summed E-state index contributed by atoms with van der Waals surface area (Å²) in [7, 11) is 0. The normalized spacial score (nSPS) is 18.7. The molecule has 1 amide bonds. The Morgan fingerprint density at radius 1 is 1.40 bits per heavy atom. The van der Waals surface area contributed by atoms with Gasteiger partial charge in [-0.2, -0.15) is 0 Å². The van der Waals surface area contributed by atoms with E-state index < -0.39 is 12.4 Å². The number of carbonyl (C=O) groups is 1. The molecule has 0 aliphatic carbocycles. The van der Waals surface area contributed by atoms with Gasteiger partial charge in [-0.25, -0.2) is 0 Å². The van der Waals surface area contributed by atoms with Crippen LogP contribution in [-0.2, 0) is 4.79 Å². The van der Waals surface area contributed by atoms with Crippen molar-refractivity contribution in [1.82, 2.24) is 5.32 Å². The molecule has 1 aromatic rings. The molecular formula is C16H23ClF3N3O2. The fraction of sp³-hybridized carbons (Fsp3) is 0.562. The van der Waals surface area contributed by atoms with Crippen molar-refractivity contribution >= 4 is 24.0 Å². The molecule has 1 saturated heterocycles. The zero-order valence-electron chi connectivity index (χ0n) is 14.0. The third kappa shape index (κ3) is 6.28. The number of benzene rings is 1. The van der Waals surface area contributed by atoms with Crippen molar-refractivity contribution in [3.05, 3.63) is 24.3 Å². The monoisotopic (exact) mass is 381 g/mol. The molecule has 2 rings (SSSR count). The third-order valence-corrected chi connectivity index (χ3v) is 3.97. The Hall–Kier alpha value is -1.67. The zero-order valence-corrected chi connectivity index (χ0v) is 14.9. The van der Waals surface area contributed by atoms with Gasteiger partial charge < -0.3 is 20.7 Å². The van der Waals surface area contributed by atoms with E-state index in [1.54, 1.807) is 6.07 Å². The highest BCUT2D eigenvalue weighted by atomic mass is 35.5. The molecule has 0 bridgehead atoms. The first kappa shape index (κ1) is 21.4. The van der Waals surface area contributed by atoms with E-state index in [0.29, 0.717) is 25.2 Å². The molecule has 1 heterocycles. The lowest BCUT2D eigenvalue weighted by Crippen LogP contribution is -2.48. The fourth-order valence-corrected chi connectivity index (χ4v) is 2.59.